The van der Waals surface area contributed by atoms with Crippen LogP contribution in [0.3, 0.4) is 0 Å². The Morgan fingerprint density at radius 2 is 1.79 bits per heavy atom. The summed E-state index contributed by atoms with van der Waals surface area (Å²) in [5.41, 5.74) is -0.916. The van der Waals surface area contributed by atoms with Crippen molar-refractivity contribution in [3.8, 4) is 5.75 Å². The van der Waals surface area contributed by atoms with Gasteiger partial charge in [0.25, 0.3) is 11.8 Å². The Morgan fingerprint density at radius 1 is 1.09 bits per heavy atom. The molecule has 0 bridgehead atoms. The lowest BCUT2D eigenvalue weighted by atomic mass is 10.2. The predicted molar refractivity (Wildman–Crippen MR) is 115 cm³/mol. The molecule has 2 N–H and O–H groups in total. The van der Waals surface area contributed by atoms with Gasteiger partial charge in [-0.2, -0.15) is 0 Å². The third-order valence-electron chi connectivity index (χ3n) is 5.68. The fourth-order valence-electron chi connectivity index (χ4n) is 3.68. The summed E-state index contributed by atoms with van der Waals surface area (Å²) in [6.45, 7) is 3.00. The minimum absolute atomic E-state index is 0.0966. The van der Waals surface area contributed by atoms with Gasteiger partial charge in [0.1, 0.15) is 11.4 Å². The number of hydrogen-bond acceptors (Lipinski definition) is 6. The van der Waals surface area contributed by atoms with Crippen LogP contribution in [0.15, 0.2) is 36.4 Å². The fraction of sp³-hybridized carbons (Fsp3) is 0.455. The Labute approximate surface area is 192 Å². The van der Waals surface area contributed by atoms with Crippen molar-refractivity contribution in [1.29, 1.82) is 0 Å². The van der Waals surface area contributed by atoms with Crippen LogP contribution < -0.4 is 10.1 Å². The van der Waals surface area contributed by atoms with E-state index in [1.165, 1.54) is 29.5 Å². The first kappa shape index (κ1) is 23.5. The Hall–Kier alpha value is -2.63. The van der Waals surface area contributed by atoms with Crippen LogP contribution in [0.25, 0.3) is 0 Å². The van der Waals surface area contributed by atoms with Gasteiger partial charge in [-0.3, -0.25) is 14.5 Å². The summed E-state index contributed by atoms with van der Waals surface area (Å²) in [5, 5.41) is 12.6. The molecule has 11 heteroatoms. The summed E-state index contributed by atoms with van der Waals surface area (Å²) in [5.74, 6) is -0.899. The first-order valence-corrected chi connectivity index (χ1v) is 11.4. The molecule has 0 spiro atoms. The molecule has 178 valence electrons. The number of hydrogen-bond donors (Lipinski definition) is 2. The van der Waals surface area contributed by atoms with E-state index >= 15 is 0 Å². The molecular weight excluding hydrogens is 459 g/mol. The van der Waals surface area contributed by atoms with E-state index in [4.69, 9.17) is 0 Å². The fourth-order valence-corrected chi connectivity index (χ4v) is 4.64. The number of benzene rings is 1. The molecule has 2 aromatic rings. The highest BCUT2D eigenvalue weighted by atomic mass is 32.1. The molecule has 2 amide bonds. The van der Waals surface area contributed by atoms with E-state index in [-0.39, 0.29) is 29.7 Å². The van der Waals surface area contributed by atoms with Crippen molar-refractivity contribution in [2.24, 2.45) is 0 Å². The van der Waals surface area contributed by atoms with Gasteiger partial charge in [0, 0.05) is 49.7 Å². The monoisotopic (exact) mass is 483 g/mol. The highest BCUT2D eigenvalue weighted by Crippen LogP contribution is 2.37. The first-order chi connectivity index (χ1) is 15.6. The lowest BCUT2D eigenvalue weighted by Crippen LogP contribution is -2.51. The number of carbonyl (C=O) groups excluding carboxylic acids is 2. The molecule has 7 nitrogen and oxygen atoms in total. The number of aliphatic hydroxyl groups is 1. The molecule has 1 saturated carbocycles. The van der Waals surface area contributed by atoms with E-state index in [2.05, 4.69) is 15.0 Å². The van der Waals surface area contributed by atoms with E-state index in [0.29, 0.717) is 50.4 Å². The average molecular weight is 484 g/mol. The summed E-state index contributed by atoms with van der Waals surface area (Å²) in [4.78, 5) is 30.0. The zero-order valence-corrected chi connectivity index (χ0v) is 18.5. The van der Waals surface area contributed by atoms with Crippen LogP contribution in [0.4, 0.5) is 13.2 Å². The van der Waals surface area contributed by atoms with Gasteiger partial charge >= 0.3 is 6.36 Å². The topological polar surface area (TPSA) is 82.1 Å². The lowest BCUT2D eigenvalue weighted by Gasteiger charge is -2.35. The zero-order chi connectivity index (χ0) is 23.6. The second kappa shape index (κ2) is 9.32. The largest absolute Gasteiger partial charge is 0.573 e. The third kappa shape index (κ3) is 6.04. The molecule has 4 rings (SSSR count). The molecule has 2 fully saturated rings. The quantitative estimate of drug-likeness (QED) is 0.633. The molecule has 2 aliphatic rings. The zero-order valence-electron chi connectivity index (χ0n) is 17.7. The summed E-state index contributed by atoms with van der Waals surface area (Å²) in [6, 6.07) is 9.22. The maximum absolute atomic E-state index is 12.6. The SMILES string of the molecule is O=C(NCc1ccccc1OC(F)(F)F)c1ccc(CN2CCN(C(=O)C3(O)CC3)CC2)s1. The number of rotatable bonds is 7. The average Bonchev–Trinajstić information content (AvgIpc) is 3.35. The Balaban J connectivity index is 1.27. The predicted octanol–water partition coefficient (Wildman–Crippen LogP) is 2.75. The molecular formula is C22H24F3N3O4S. The number of thiophene rings is 1. The van der Waals surface area contributed by atoms with Gasteiger partial charge in [-0.15, -0.1) is 24.5 Å². The van der Waals surface area contributed by atoms with Gasteiger partial charge < -0.3 is 20.1 Å². The third-order valence-corrected chi connectivity index (χ3v) is 6.75. The van der Waals surface area contributed by atoms with Gasteiger partial charge in [-0.25, -0.2) is 0 Å². The van der Waals surface area contributed by atoms with Crippen molar-refractivity contribution in [2.75, 3.05) is 26.2 Å². The molecule has 1 aliphatic heterocycles. The number of alkyl halides is 3. The van der Waals surface area contributed by atoms with Crippen LogP contribution >= 0.6 is 11.3 Å². The molecule has 0 radical (unpaired) electrons. The molecule has 1 aromatic carbocycles. The molecule has 1 aromatic heterocycles. The second-order valence-electron chi connectivity index (χ2n) is 8.20. The van der Waals surface area contributed by atoms with E-state index in [1.807, 2.05) is 6.07 Å². The molecule has 0 atom stereocenters. The van der Waals surface area contributed by atoms with Crippen molar-refractivity contribution in [3.05, 3.63) is 51.7 Å². The molecule has 1 saturated heterocycles. The van der Waals surface area contributed by atoms with Crippen LogP contribution in [0.1, 0.15) is 33.0 Å². The smallest absolute Gasteiger partial charge is 0.405 e. The first-order valence-electron chi connectivity index (χ1n) is 10.6. The Kier molecular flexibility index (Phi) is 6.64. The highest BCUT2D eigenvalue weighted by Gasteiger charge is 2.50. The van der Waals surface area contributed by atoms with Gasteiger partial charge in [0.15, 0.2) is 0 Å². The van der Waals surface area contributed by atoms with Gasteiger partial charge in [0.05, 0.1) is 4.88 Å². The standard InChI is InChI=1S/C22H24F3N3O4S/c23-22(24,25)32-17-4-2-1-3-15(17)13-26-19(29)18-6-5-16(33-18)14-27-9-11-28(12-10-27)20(30)21(31)7-8-21/h1-6,31H,7-14H2,(H,26,29). The van der Waals surface area contributed by atoms with Crippen LogP contribution in [-0.2, 0) is 17.9 Å². The summed E-state index contributed by atoms with van der Waals surface area (Å²) >= 11 is 1.32. The number of ether oxygens (including phenoxy) is 1. The van der Waals surface area contributed by atoms with Crippen LogP contribution in [0.2, 0.25) is 0 Å². The van der Waals surface area contributed by atoms with E-state index in [1.54, 1.807) is 17.0 Å². The molecule has 2 heterocycles. The van der Waals surface area contributed by atoms with Gasteiger partial charge in [0.2, 0.25) is 0 Å². The maximum atomic E-state index is 12.6. The van der Waals surface area contributed by atoms with Crippen LogP contribution in [0, 0.1) is 0 Å². The van der Waals surface area contributed by atoms with Crippen molar-refractivity contribution >= 4 is 23.2 Å². The summed E-state index contributed by atoms with van der Waals surface area (Å²) in [6.07, 6.45) is -3.74. The number of amides is 2. The summed E-state index contributed by atoms with van der Waals surface area (Å²) < 4.78 is 41.7. The van der Waals surface area contributed by atoms with Crippen LogP contribution in [0.5, 0.6) is 5.75 Å². The Bertz CT molecular complexity index is 1010. The van der Waals surface area contributed by atoms with Crippen molar-refractivity contribution in [1.82, 2.24) is 15.1 Å². The van der Waals surface area contributed by atoms with Crippen LogP contribution in [-0.4, -0.2) is 64.9 Å². The van der Waals surface area contributed by atoms with E-state index in [9.17, 15) is 27.9 Å². The normalized spacial score (nSPS) is 18.1. The minimum Gasteiger partial charge on any atom is -0.405 e. The minimum atomic E-state index is -4.81. The molecule has 33 heavy (non-hydrogen) atoms. The second-order valence-corrected chi connectivity index (χ2v) is 9.37. The van der Waals surface area contributed by atoms with Crippen molar-refractivity contribution < 1.29 is 32.6 Å². The number of nitrogens with one attached hydrogen (secondary N) is 1. The number of halogens is 3. The maximum Gasteiger partial charge on any atom is 0.573 e. The lowest BCUT2D eigenvalue weighted by molar-refractivity contribution is -0.274. The number of para-hydroxylation sites is 1. The van der Waals surface area contributed by atoms with Crippen molar-refractivity contribution in [2.45, 2.75) is 37.9 Å². The van der Waals surface area contributed by atoms with E-state index in [0.717, 1.165) is 4.88 Å². The number of piperazine rings is 1. The van der Waals surface area contributed by atoms with E-state index < -0.39 is 12.0 Å². The summed E-state index contributed by atoms with van der Waals surface area (Å²) in [7, 11) is 0. The molecule has 1 aliphatic carbocycles. The van der Waals surface area contributed by atoms with Gasteiger partial charge in [-0.05, 0) is 31.0 Å². The van der Waals surface area contributed by atoms with Gasteiger partial charge in [-0.1, -0.05) is 18.2 Å². The Morgan fingerprint density at radius 3 is 2.45 bits per heavy atom. The molecule has 0 unspecified atom stereocenters. The van der Waals surface area contributed by atoms with Crippen molar-refractivity contribution in [3.63, 3.8) is 0 Å². The highest BCUT2D eigenvalue weighted by molar-refractivity contribution is 7.14. The number of nitrogens with zero attached hydrogens (tertiary/aromatic N) is 2. The number of carbonyl (C=O) groups is 2.